The van der Waals surface area contributed by atoms with Gasteiger partial charge in [0, 0.05) is 11.9 Å². The normalized spacial score (nSPS) is 10.6. The number of imidazole rings is 1. The molecule has 11 heavy (non-hydrogen) atoms. The summed E-state index contributed by atoms with van der Waals surface area (Å²) in [6.07, 6.45) is 3.73. The third-order valence-electron chi connectivity index (χ3n) is 1.74. The first kappa shape index (κ1) is 6.22. The third-order valence-corrected chi connectivity index (χ3v) is 1.74. The molecular weight excluding hydrogens is 138 g/mol. The van der Waals surface area contributed by atoms with E-state index in [4.69, 9.17) is 5.73 Å². The summed E-state index contributed by atoms with van der Waals surface area (Å²) >= 11 is 0. The summed E-state index contributed by atoms with van der Waals surface area (Å²) in [7, 11) is 0. The van der Waals surface area contributed by atoms with Crippen molar-refractivity contribution < 1.29 is 0 Å². The molecule has 2 N–H and O–H groups in total. The largest absolute Gasteiger partial charge is 0.399 e. The first-order valence-electron chi connectivity index (χ1n) is 3.46. The van der Waals surface area contributed by atoms with Crippen LogP contribution in [-0.2, 0) is 0 Å². The van der Waals surface area contributed by atoms with Crippen molar-refractivity contribution in [2.45, 2.75) is 6.92 Å². The molecule has 56 valence electrons. The number of aryl methyl sites for hydroxylation is 1. The number of rotatable bonds is 0. The summed E-state index contributed by atoms with van der Waals surface area (Å²) in [5, 5.41) is 0. The fraction of sp³-hybridized carbons (Fsp3) is 0.125. The fourth-order valence-corrected chi connectivity index (χ4v) is 1.15. The molecule has 3 heteroatoms. The Labute approximate surface area is 64.5 Å². The Morgan fingerprint density at radius 2 is 2.36 bits per heavy atom. The molecule has 0 unspecified atom stereocenters. The van der Waals surface area contributed by atoms with Crippen molar-refractivity contribution in [2.75, 3.05) is 5.73 Å². The van der Waals surface area contributed by atoms with Crippen LogP contribution in [0.3, 0.4) is 0 Å². The van der Waals surface area contributed by atoms with Crippen LogP contribution in [0.25, 0.3) is 5.52 Å². The molecule has 0 aliphatic rings. The first-order valence-corrected chi connectivity index (χ1v) is 3.46. The molecule has 2 aromatic rings. The highest BCUT2D eigenvalue weighted by Crippen LogP contribution is 2.09. The van der Waals surface area contributed by atoms with E-state index in [1.54, 1.807) is 0 Å². The maximum Gasteiger partial charge on any atom is 0.110 e. The highest BCUT2D eigenvalue weighted by Gasteiger charge is 1.96. The fourth-order valence-electron chi connectivity index (χ4n) is 1.15. The van der Waals surface area contributed by atoms with Crippen LogP contribution in [0.4, 0.5) is 5.69 Å². The predicted molar refractivity (Wildman–Crippen MR) is 44.3 cm³/mol. The van der Waals surface area contributed by atoms with Crippen molar-refractivity contribution in [1.29, 1.82) is 0 Å². The Morgan fingerprint density at radius 3 is 3.18 bits per heavy atom. The molecule has 0 aliphatic carbocycles. The van der Waals surface area contributed by atoms with Crippen LogP contribution in [0.1, 0.15) is 5.82 Å². The number of hydrogen-bond acceptors (Lipinski definition) is 2. The van der Waals surface area contributed by atoms with Gasteiger partial charge in [-0.25, -0.2) is 4.98 Å². The molecule has 0 bridgehead atoms. The molecule has 0 spiro atoms. The zero-order valence-electron chi connectivity index (χ0n) is 6.28. The summed E-state index contributed by atoms with van der Waals surface area (Å²) in [6, 6.07) is 3.77. The quantitative estimate of drug-likeness (QED) is 0.609. The van der Waals surface area contributed by atoms with Crippen molar-refractivity contribution >= 4 is 11.2 Å². The van der Waals surface area contributed by atoms with Gasteiger partial charge in [0.05, 0.1) is 11.7 Å². The van der Waals surface area contributed by atoms with Gasteiger partial charge >= 0.3 is 0 Å². The Kier molecular flexibility index (Phi) is 1.12. The lowest BCUT2D eigenvalue weighted by molar-refractivity contribution is 1.05. The van der Waals surface area contributed by atoms with Crippen molar-refractivity contribution in [2.24, 2.45) is 0 Å². The molecule has 2 rings (SSSR count). The maximum absolute atomic E-state index is 5.59. The van der Waals surface area contributed by atoms with E-state index in [1.807, 2.05) is 35.9 Å². The summed E-state index contributed by atoms with van der Waals surface area (Å²) in [4.78, 5) is 4.14. The van der Waals surface area contributed by atoms with E-state index in [9.17, 15) is 0 Å². The van der Waals surface area contributed by atoms with E-state index in [0.29, 0.717) is 0 Å². The smallest absolute Gasteiger partial charge is 0.110 e. The Hall–Kier alpha value is -1.51. The van der Waals surface area contributed by atoms with Crippen LogP contribution in [-0.4, -0.2) is 9.38 Å². The van der Waals surface area contributed by atoms with Crippen LogP contribution >= 0.6 is 0 Å². The van der Waals surface area contributed by atoms with Crippen LogP contribution in [0.2, 0.25) is 0 Å². The number of nitrogens with two attached hydrogens (primary N) is 1. The number of nitrogen functional groups attached to an aromatic ring is 1. The van der Waals surface area contributed by atoms with E-state index in [-0.39, 0.29) is 0 Å². The van der Waals surface area contributed by atoms with Crippen LogP contribution < -0.4 is 5.73 Å². The zero-order valence-corrected chi connectivity index (χ0v) is 6.28. The van der Waals surface area contributed by atoms with Gasteiger partial charge in [0.25, 0.3) is 0 Å². The Morgan fingerprint density at radius 1 is 1.55 bits per heavy atom. The molecule has 0 amide bonds. The van der Waals surface area contributed by atoms with E-state index < -0.39 is 0 Å². The summed E-state index contributed by atoms with van der Waals surface area (Å²) in [5.41, 5.74) is 7.41. The van der Waals surface area contributed by atoms with Gasteiger partial charge in [0.15, 0.2) is 0 Å². The highest BCUT2D eigenvalue weighted by atomic mass is 15.0. The van der Waals surface area contributed by atoms with E-state index >= 15 is 0 Å². The summed E-state index contributed by atoms with van der Waals surface area (Å²) in [6.45, 7) is 1.96. The van der Waals surface area contributed by atoms with Gasteiger partial charge in [0.2, 0.25) is 0 Å². The van der Waals surface area contributed by atoms with Crippen LogP contribution in [0.5, 0.6) is 0 Å². The van der Waals surface area contributed by atoms with E-state index in [2.05, 4.69) is 4.98 Å². The van der Waals surface area contributed by atoms with Crippen molar-refractivity contribution in [1.82, 2.24) is 9.38 Å². The molecule has 0 aliphatic heterocycles. The van der Waals surface area contributed by atoms with Gasteiger partial charge in [-0.2, -0.15) is 0 Å². The molecular formula is C8H9N3. The lowest BCUT2D eigenvalue weighted by Gasteiger charge is -1.96. The molecule has 3 nitrogen and oxygen atoms in total. The second-order valence-electron chi connectivity index (χ2n) is 2.56. The second-order valence-corrected chi connectivity index (χ2v) is 2.56. The molecule has 0 aromatic carbocycles. The Balaban J connectivity index is 2.86. The van der Waals surface area contributed by atoms with Gasteiger partial charge in [-0.3, -0.25) is 0 Å². The average molecular weight is 147 g/mol. The molecule has 0 saturated heterocycles. The van der Waals surface area contributed by atoms with Crippen LogP contribution in [0, 0.1) is 6.92 Å². The van der Waals surface area contributed by atoms with Gasteiger partial charge in [0.1, 0.15) is 5.82 Å². The van der Waals surface area contributed by atoms with Crippen molar-refractivity contribution in [3.05, 3.63) is 30.4 Å². The van der Waals surface area contributed by atoms with Crippen molar-refractivity contribution in [3.8, 4) is 0 Å². The van der Waals surface area contributed by atoms with E-state index in [1.165, 1.54) is 0 Å². The first-order chi connectivity index (χ1) is 5.27. The minimum absolute atomic E-state index is 0.775. The number of fused-ring (bicyclic) bond motifs is 1. The maximum atomic E-state index is 5.59. The van der Waals surface area contributed by atoms with Gasteiger partial charge in [-0.1, -0.05) is 0 Å². The average Bonchev–Trinajstić information content (AvgIpc) is 2.32. The predicted octanol–water partition coefficient (Wildman–Crippen LogP) is 1.22. The number of hydrogen-bond donors (Lipinski definition) is 1. The monoisotopic (exact) mass is 147 g/mol. The Bertz CT molecular complexity index is 389. The standard InChI is InChI=1S/C8H9N3/c1-6-10-5-8-4-7(9)2-3-11(6)8/h2-5H,9H2,1H3. The topological polar surface area (TPSA) is 43.3 Å². The molecule has 2 aromatic heterocycles. The molecule has 0 fully saturated rings. The number of pyridine rings is 1. The zero-order chi connectivity index (χ0) is 7.84. The van der Waals surface area contributed by atoms with Gasteiger partial charge in [-0.05, 0) is 19.1 Å². The van der Waals surface area contributed by atoms with Crippen LogP contribution in [0.15, 0.2) is 24.5 Å². The summed E-state index contributed by atoms with van der Waals surface area (Å²) in [5.74, 6) is 0.986. The third kappa shape index (κ3) is 0.852. The molecule has 2 heterocycles. The number of anilines is 1. The van der Waals surface area contributed by atoms with E-state index in [0.717, 1.165) is 17.0 Å². The highest BCUT2D eigenvalue weighted by molar-refractivity contribution is 5.55. The van der Waals surface area contributed by atoms with Crippen molar-refractivity contribution in [3.63, 3.8) is 0 Å². The number of nitrogens with zero attached hydrogens (tertiary/aromatic N) is 2. The number of aromatic nitrogens is 2. The second kappa shape index (κ2) is 1.99. The lowest BCUT2D eigenvalue weighted by atomic mass is 10.4. The molecule has 0 saturated carbocycles. The minimum Gasteiger partial charge on any atom is -0.399 e. The van der Waals surface area contributed by atoms with Gasteiger partial charge in [-0.15, -0.1) is 0 Å². The molecule has 0 radical (unpaired) electrons. The molecule has 0 atom stereocenters. The minimum atomic E-state index is 0.775. The summed E-state index contributed by atoms with van der Waals surface area (Å²) < 4.78 is 2.00. The SMILES string of the molecule is Cc1ncc2cc(N)ccn12. The lowest BCUT2D eigenvalue weighted by Crippen LogP contribution is -1.89. The van der Waals surface area contributed by atoms with Gasteiger partial charge < -0.3 is 10.1 Å².